The van der Waals surface area contributed by atoms with E-state index < -0.39 is 6.03 Å². The van der Waals surface area contributed by atoms with Crippen LogP contribution in [-0.2, 0) is 6.54 Å². The average Bonchev–Trinajstić information content (AvgIpc) is 3.01. The molecule has 3 aromatic rings. The summed E-state index contributed by atoms with van der Waals surface area (Å²) in [6.07, 6.45) is 0. The molecule has 4 N–H and O–H groups in total. The fraction of sp³-hybridized carbons (Fsp3) is 0.105. The van der Waals surface area contributed by atoms with Crippen LogP contribution in [0.15, 0.2) is 48.5 Å². The molecule has 138 valence electrons. The van der Waals surface area contributed by atoms with Gasteiger partial charge in [-0.05, 0) is 36.8 Å². The van der Waals surface area contributed by atoms with Crippen LogP contribution in [-0.4, -0.2) is 16.9 Å². The summed E-state index contributed by atoms with van der Waals surface area (Å²) in [5.41, 5.74) is 8.15. The Bertz CT molecular complexity index is 968. The second-order valence-corrected chi connectivity index (χ2v) is 7.44. The Morgan fingerprint density at radius 2 is 1.78 bits per heavy atom. The van der Waals surface area contributed by atoms with Crippen LogP contribution in [0.4, 0.5) is 9.93 Å². The molecule has 0 saturated heterocycles. The number of thiazole rings is 1. The highest BCUT2D eigenvalue weighted by Gasteiger charge is 2.13. The molecule has 0 radical (unpaired) electrons. The molecule has 0 saturated carbocycles. The van der Waals surface area contributed by atoms with Gasteiger partial charge in [-0.2, -0.15) is 0 Å². The van der Waals surface area contributed by atoms with E-state index in [0.717, 1.165) is 21.7 Å². The first-order valence-corrected chi connectivity index (χ1v) is 9.29. The van der Waals surface area contributed by atoms with Crippen molar-refractivity contribution in [1.82, 2.24) is 10.3 Å². The number of primary amides is 1. The molecular weight excluding hydrogens is 384 g/mol. The van der Waals surface area contributed by atoms with Crippen molar-refractivity contribution >= 4 is 40.0 Å². The van der Waals surface area contributed by atoms with Crippen molar-refractivity contribution in [3.05, 3.63) is 69.6 Å². The molecule has 27 heavy (non-hydrogen) atoms. The van der Waals surface area contributed by atoms with Gasteiger partial charge in [-0.1, -0.05) is 35.9 Å². The molecule has 1 heterocycles. The van der Waals surface area contributed by atoms with E-state index in [2.05, 4.69) is 15.6 Å². The Morgan fingerprint density at radius 3 is 2.41 bits per heavy atom. The number of anilines is 1. The van der Waals surface area contributed by atoms with Crippen LogP contribution < -0.4 is 16.4 Å². The highest BCUT2D eigenvalue weighted by Crippen LogP contribution is 2.31. The zero-order valence-corrected chi connectivity index (χ0v) is 16.0. The van der Waals surface area contributed by atoms with E-state index in [0.29, 0.717) is 22.3 Å². The largest absolute Gasteiger partial charge is 0.352 e. The number of carbonyl (C=O) groups excluding carboxylic acids is 2. The van der Waals surface area contributed by atoms with Gasteiger partial charge in [0.2, 0.25) is 0 Å². The van der Waals surface area contributed by atoms with Crippen molar-refractivity contribution < 1.29 is 9.59 Å². The number of benzene rings is 2. The molecule has 0 unspecified atom stereocenters. The van der Waals surface area contributed by atoms with Gasteiger partial charge in [0.1, 0.15) is 0 Å². The smallest absolute Gasteiger partial charge is 0.312 e. The lowest BCUT2D eigenvalue weighted by molar-refractivity contribution is 0.102. The van der Waals surface area contributed by atoms with Crippen LogP contribution in [0.25, 0.3) is 11.3 Å². The minimum atomic E-state index is -0.590. The number of hydrogen-bond donors (Lipinski definition) is 3. The van der Waals surface area contributed by atoms with E-state index in [1.807, 2.05) is 31.2 Å². The number of urea groups is 1. The predicted molar refractivity (Wildman–Crippen MR) is 108 cm³/mol. The molecule has 0 spiro atoms. The van der Waals surface area contributed by atoms with Crippen molar-refractivity contribution in [1.29, 1.82) is 0 Å². The van der Waals surface area contributed by atoms with Crippen LogP contribution in [0.3, 0.4) is 0 Å². The molecule has 0 aliphatic carbocycles. The third-order valence-electron chi connectivity index (χ3n) is 3.82. The van der Waals surface area contributed by atoms with Gasteiger partial charge in [-0.15, -0.1) is 11.3 Å². The molecule has 2 aromatic carbocycles. The lowest BCUT2D eigenvalue weighted by atomic mass is 10.1. The standard InChI is InChI=1S/C19H17ClN4O2S/c1-11-16(13-6-8-15(20)9-7-13)23-19(27-11)24-17(25)14-4-2-12(3-5-14)10-22-18(21)26/h2-9H,10H2,1H3,(H3,21,22,26)(H,23,24,25). The Balaban J connectivity index is 1.70. The van der Waals surface area contributed by atoms with Crippen LogP contribution in [0.2, 0.25) is 5.02 Å². The SMILES string of the molecule is Cc1sc(NC(=O)c2ccc(CNC(N)=O)cc2)nc1-c1ccc(Cl)cc1. The van der Waals surface area contributed by atoms with E-state index in [9.17, 15) is 9.59 Å². The first-order chi connectivity index (χ1) is 12.9. The average molecular weight is 401 g/mol. The maximum Gasteiger partial charge on any atom is 0.312 e. The second kappa shape index (κ2) is 8.20. The van der Waals surface area contributed by atoms with Gasteiger partial charge in [0.25, 0.3) is 5.91 Å². The molecule has 0 aliphatic heterocycles. The van der Waals surface area contributed by atoms with Gasteiger partial charge in [-0.25, -0.2) is 9.78 Å². The highest BCUT2D eigenvalue weighted by molar-refractivity contribution is 7.16. The number of aryl methyl sites for hydroxylation is 1. The highest BCUT2D eigenvalue weighted by atomic mass is 35.5. The zero-order chi connectivity index (χ0) is 19.4. The molecule has 3 rings (SSSR count). The Kier molecular flexibility index (Phi) is 5.73. The molecule has 0 atom stereocenters. The fourth-order valence-electron chi connectivity index (χ4n) is 2.46. The number of nitrogens with zero attached hydrogens (tertiary/aromatic N) is 1. The molecule has 3 amide bonds. The molecular formula is C19H17ClN4O2S. The molecule has 0 fully saturated rings. The van der Waals surface area contributed by atoms with Crippen molar-refractivity contribution in [2.75, 3.05) is 5.32 Å². The summed E-state index contributed by atoms with van der Waals surface area (Å²) in [4.78, 5) is 28.7. The van der Waals surface area contributed by atoms with Crippen LogP contribution >= 0.6 is 22.9 Å². The minimum absolute atomic E-state index is 0.249. The quantitative estimate of drug-likeness (QED) is 0.598. The number of carbonyl (C=O) groups is 2. The maximum atomic E-state index is 12.4. The second-order valence-electron chi connectivity index (χ2n) is 5.80. The van der Waals surface area contributed by atoms with E-state index in [4.69, 9.17) is 17.3 Å². The number of rotatable bonds is 5. The molecule has 1 aromatic heterocycles. The molecule has 0 aliphatic rings. The molecule has 8 heteroatoms. The van der Waals surface area contributed by atoms with Crippen molar-refractivity contribution in [3.8, 4) is 11.3 Å². The lowest BCUT2D eigenvalue weighted by Crippen LogP contribution is -2.28. The summed E-state index contributed by atoms with van der Waals surface area (Å²) < 4.78 is 0. The van der Waals surface area contributed by atoms with Crippen LogP contribution in [0.5, 0.6) is 0 Å². The van der Waals surface area contributed by atoms with Gasteiger partial charge in [0, 0.05) is 27.6 Å². The summed E-state index contributed by atoms with van der Waals surface area (Å²) in [5.74, 6) is -0.249. The van der Waals surface area contributed by atoms with Gasteiger partial charge >= 0.3 is 6.03 Å². The lowest BCUT2D eigenvalue weighted by Gasteiger charge is -2.05. The van der Waals surface area contributed by atoms with Gasteiger partial charge in [-0.3, -0.25) is 10.1 Å². The summed E-state index contributed by atoms with van der Waals surface area (Å²) in [7, 11) is 0. The molecule has 6 nitrogen and oxygen atoms in total. The Hall–Kier alpha value is -2.90. The van der Waals surface area contributed by atoms with Crippen molar-refractivity contribution in [2.24, 2.45) is 5.73 Å². The van der Waals surface area contributed by atoms with Crippen LogP contribution in [0.1, 0.15) is 20.8 Å². The predicted octanol–water partition coefficient (Wildman–Crippen LogP) is 4.19. The summed E-state index contributed by atoms with van der Waals surface area (Å²) in [6, 6.07) is 13.7. The van der Waals surface area contributed by atoms with Gasteiger partial charge < -0.3 is 11.1 Å². The van der Waals surface area contributed by atoms with E-state index >= 15 is 0 Å². The number of amides is 3. The van der Waals surface area contributed by atoms with Crippen molar-refractivity contribution in [3.63, 3.8) is 0 Å². The zero-order valence-electron chi connectivity index (χ0n) is 14.5. The van der Waals surface area contributed by atoms with E-state index in [-0.39, 0.29) is 5.91 Å². The topological polar surface area (TPSA) is 97.1 Å². The number of nitrogens with two attached hydrogens (primary N) is 1. The Labute approximate surface area is 165 Å². The van der Waals surface area contributed by atoms with E-state index in [1.54, 1.807) is 24.3 Å². The van der Waals surface area contributed by atoms with Gasteiger partial charge in [0.05, 0.1) is 5.69 Å². The fourth-order valence-corrected chi connectivity index (χ4v) is 3.41. The number of halogens is 1. The van der Waals surface area contributed by atoms with Gasteiger partial charge in [0.15, 0.2) is 5.13 Å². The summed E-state index contributed by atoms with van der Waals surface area (Å²) in [5, 5.41) is 6.51. The minimum Gasteiger partial charge on any atom is -0.352 e. The first kappa shape index (κ1) is 18.9. The number of hydrogen-bond acceptors (Lipinski definition) is 4. The summed E-state index contributed by atoms with van der Waals surface area (Å²) >= 11 is 7.34. The first-order valence-electron chi connectivity index (χ1n) is 8.09. The molecule has 0 bridgehead atoms. The number of aromatic nitrogens is 1. The normalized spacial score (nSPS) is 10.4. The maximum absolute atomic E-state index is 12.4. The monoisotopic (exact) mass is 400 g/mol. The third-order valence-corrected chi connectivity index (χ3v) is 4.96. The van der Waals surface area contributed by atoms with Crippen molar-refractivity contribution in [2.45, 2.75) is 13.5 Å². The van der Waals surface area contributed by atoms with Crippen LogP contribution in [0, 0.1) is 6.92 Å². The summed E-state index contributed by atoms with van der Waals surface area (Å²) in [6.45, 7) is 2.27. The third kappa shape index (κ3) is 4.84. The number of nitrogens with one attached hydrogen (secondary N) is 2. The van der Waals surface area contributed by atoms with E-state index in [1.165, 1.54) is 11.3 Å². The Morgan fingerprint density at radius 1 is 1.11 bits per heavy atom.